The molecule has 19 heavy (non-hydrogen) atoms. The Morgan fingerprint density at radius 1 is 1.32 bits per heavy atom. The minimum atomic E-state index is -0.106. The Hall–Kier alpha value is -0.570. The molecule has 1 saturated carbocycles. The van der Waals surface area contributed by atoms with Crippen LogP contribution in [-0.4, -0.2) is 25.7 Å². The van der Waals surface area contributed by atoms with Crippen LogP contribution in [0.5, 0.6) is 0 Å². The fraction of sp³-hybridized carbons (Fsp3) is 0.938. The monoisotopic (exact) mass is 269 g/mol. The summed E-state index contributed by atoms with van der Waals surface area (Å²) in [7, 11) is 1.48. The molecule has 1 atom stereocenters. The van der Waals surface area contributed by atoms with Gasteiger partial charge in [0, 0.05) is 0 Å². The first-order valence-electron chi connectivity index (χ1n) is 7.98. The molecule has 0 saturated heterocycles. The normalized spacial score (nSPS) is 25.0. The van der Waals surface area contributed by atoms with Crippen LogP contribution >= 0.6 is 0 Å². The molecule has 1 fully saturated rings. The largest absolute Gasteiger partial charge is 0.468 e. The predicted molar refractivity (Wildman–Crippen MR) is 79.1 cm³/mol. The van der Waals surface area contributed by atoms with E-state index in [0.717, 1.165) is 37.6 Å². The molecule has 1 rings (SSSR count). The number of methoxy groups -OCH3 is 1. The van der Waals surface area contributed by atoms with E-state index in [1.165, 1.54) is 39.2 Å². The number of hydrogen-bond donors (Lipinski definition) is 1. The van der Waals surface area contributed by atoms with Crippen molar-refractivity contribution in [2.24, 2.45) is 11.8 Å². The topological polar surface area (TPSA) is 38.3 Å². The molecule has 0 radical (unpaired) electrons. The van der Waals surface area contributed by atoms with Gasteiger partial charge in [-0.05, 0) is 31.2 Å². The number of hydrogen-bond acceptors (Lipinski definition) is 3. The minimum Gasteiger partial charge on any atom is -0.468 e. The van der Waals surface area contributed by atoms with E-state index in [9.17, 15) is 4.79 Å². The number of unbranched alkanes of at least 4 members (excludes halogenated alkanes) is 1. The van der Waals surface area contributed by atoms with Gasteiger partial charge in [-0.2, -0.15) is 0 Å². The highest BCUT2D eigenvalue weighted by Gasteiger charge is 2.20. The fourth-order valence-corrected chi connectivity index (χ4v) is 2.93. The number of rotatable bonds is 8. The van der Waals surface area contributed by atoms with Crippen molar-refractivity contribution in [1.82, 2.24) is 5.32 Å². The lowest BCUT2D eigenvalue weighted by molar-refractivity contribution is -0.143. The van der Waals surface area contributed by atoms with Gasteiger partial charge in [-0.25, -0.2) is 0 Å². The quantitative estimate of drug-likeness (QED) is 0.685. The summed E-state index contributed by atoms with van der Waals surface area (Å²) in [5, 5.41) is 3.39. The summed E-state index contributed by atoms with van der Waals surface area (Å²) in [5.41, 5.74) is 0. The lowest BCUT2D eigenvalue weighted by Gasteiger charge is -2.26. The SMILES string of the molecule is CCCCC(NCCC1CCC(C)CC1)C(=O)OC. The predicted octanol–water partition coefficient (Wildman–Crippen LogP) is 3.52. The average Bonchev–Trinajstić information content (AvgIpc) is 2.43. The molecule has 0 aliphatic heterocycles. The molecule has 3 heteroatoms. The van der Waals surface area contributed by atoms with Gasteiger partial charge in [0.15, 0.2) is 0 Å². The zero-order valence-electron chi connectivity index (χ0n) is 12.9. The number of carbonyl (C=O) groups is 1. The van der Waals surface area contributed by atoms with Crippen molar-refractivity contribution in [2.45, 2.75) is 71.3 Å². The molecular formula is C16H31NO2. The Balaban J connectivity index is 2.21. The van der Waals surface area contributed by atoms with Crippen LogP contribution in [0, 0.1) is 11.8 Å². The molecule has 1 unspecified atom stereocenters. The molecule has 0 spiro atoms. The van der Waals surface area contributed by atoms with E-state index in [1.807, 2.05) is 0 Å². The first kappa shape index (κ1) is 16.5. The second-order valence-electron chi connectivity index (χ2n) is 6.09. The van der Waals surface area contributed by atoms with E-state index < -0.39 is 0 Å². The Morgan fingerprint density at radius 3 is 2.58 bits per heavy atom. The lowest BCUT2D eigenvalue weighted by Crippen LogP contribution is -2.38. The third-order valence-corrected chi connectivity index (χ3v) is 4.41. The van der Waals surface area contributed by atoms with E-state index in [1.54, 1.807) is 0 Å². The van der Waals surface area contributed by atoms with Crippen molar-refractivity contribution in [3.05, 3.63) is 0 Å². The molecule has 0 aromatic heterocycles. The highest BCUT2D eigenvalue weighted by atomic mass is 16.5. The first-order chi connectivity index (χ1) is 9.17. The number of nitrogens with one attached hydrogen (secondary N) is 1. The second kappa shape index (κ2) is 9.35. The first-order valence-corrected chi connectivity index (χ1v) is 7.98. The maximum atomic E-state index is 11.7. The molecule has 0 aromatic carbocycles. The van der Waals surface area contributed by atoms with Crippen LogP contribution < -0.4 is 5.32 Å². The Bertz CT molecular complexity index is 247. The highest BCUT2D eigenvalue weighted by molar-refractivity contribution is 5.75. The van der Waals surface area contributed by atoms with Gasteiger partial charge >= 0.3 is 5.97 Å². The molecule has 1 aliphatic carbocycles. The molecule has 0 heterocycles. The zero-order valence-corrected chi connectivity index (χ0v) is 12.9. The maximum absolute atomic E-state index is 11.7. The summed E-state index contributed by atoms with van der Waals surface area (Å²) in [6.07, 6.45) is 9.77. The molecule has 1 N–H and O–H groups in total. The van der Waals surface area contributed by atoms with Crippen LogP contribution in [0.1, 0.15) is 65.2 Å². The van der Waals surface area contributed by atoms with Crippen LogP contribution in [0.25, 0.3) is 0 Å². The third kappa shape index (κ3) is 6.42. The third-order valence-electron chi connectivity index (χ3n) is 4.41. The Kier molecular flexibility index (Phi) is 8.11. The Morgan fingerprint density at radius 2 is 2.00 bits per heavy atom. The number of esters is 1. The molecule has 0 amide bonds. The molecule has 1 aliphatic rings. The molecule has 0 aromatic rings. The summed E-state index contributed by atoms with van der Waals surface area (Å²) >= 11 is 0. The number of ether oxygens (including phenoxy) is 1. The van der Waals surface area contributed by atoms with E-state index in [0.29, 0.717) is 0 Å². The van der Waals surface area contributed by atoms with Gasteiger partial charge in [-0.15, -0.1) is 0 Å². The van der Waals surface area contributed by atoms with E-state index in [2.05, 4.69) is 19.2 Å². The summed E-state index contributed by atoms with van der Waals surface area (Å²) in [5.74, 6) is 1.66. The number of carbonyl (C=O) groups excluding carboxylic acids is 1. The van der Waals surface area contributed by atoms with E-state index in [4.69, 9.17) is 4.74 Å². The summed E-state index contributed by atoms with van der Waals surface area (Å²) < 4.78 is 4.86. The van der Waals surface area contributed by atoms with Crippen LogP contribution in [-0.2, 0) is 9.53 Å². The van der Waals surface area contributed by atoms with E-state index in [-0.39, 0.29) is 12.0 Å². The van der Waals surface area contributed by atoms with Crippen molar-refractivity contribution >= 4 is 5.97 Å². The maximum Gasteiger partial charge on any atom is 0.322 e. The summed E-state index contributed by atoms with van der Waals surface area (Å²) in [6, 6.07) is -0.104. The van der Waals surface area contributed by atoms with Crippen LogP contribution in [0.15, 0.2) is 0 Å². The smallest absolute Gasteiger partial charge is 0.322 e. The van der Waals surface area contributed by atoms with Gasteiger partial charge in [-0.1, -0.05) is 52.4 Å². The van der Waals surface area contributed by atoms with Gasteiger partial charge in [0.1, 0.15) is 6.04 Å². The van der Waals surface area contributed by atoms with Crippen molar-refractivity contribution in [2.75, 3.05) is 13.7 Å². The van der Waals surface area contributed by atoms with Crippen LogP contribution in [0.4, 0.5) is 0 Å². The van der Waals surface area contributed by atoms with Gasteiger partial charge in [-0.3, -0.25) is 4.79 Å². The second-order valence-corrected chi connectivity index (χ2v) is 6.09. The zero-order chi connectivity index (χ0) is 14.1. The van der Waals surface area contributed by atoms with Gasteiger partial charge < -0.3 is 10.1 Å². The van der Waals surface area contributed by atoms with Crippen LogP contribution in [0.3, 0.4) is 0 Å². The van der Waals surface area contributed by atoms with Gasteiger partial charge in [0.2, 0.25) is 0 Å². The van der Waals surface area contributed by atoms with Crippen molar-refractivity contribution in [3.8, 4) is 0 Å². The van der Waals surface area contributed by atoms with Gasteiger partial charge in [0.05, 0.1) is 7.11 Å². The summed E-state index contributed by atoms with van der Waals surface area (Å²) in [6.45, 7) is 5.45. The average molecular weight is 269 g/mol. The lowest BCUT2D eigenvalue weighted by atomic mass is 9.81. The molecule has 112 valence electrons. The van der Waals surface area contributed by atoms with Crippen molar-refractivity contribution < 1.29 is 9.53 Å². The fourth-order valence-electron chi connectivity index (χ4n) is 2.93. The molecular weight excluding hydrogens is 238 g/mol. The van der Waals surface area contributed by atoms with E-state index >= 15 is 0 Å². The van der Waals surface area contributed by atoms with Gasteiger partial charge in [0.25, 0.3) is 0 Å². The standard InChI is InChI=1S/C16H31NO2/c1-4-5-6-15(16(18)19-3)17-12-11-14-9-7-13(2)8-10-14/h13-15,17H,4-12H2,1-3H3. The summed E-state index contributed by atoms with van der Waals surface area (Å²) in [4.78, 5) is 11.7. The van der Waals surface area contributed by atoms with Crippen molar-refractivity contribution in [3.63, 3.8) is 0 Å². The molecule has 3 nitrogen and oxygen atoms in total. The highest BCUT2D eigenvalue weighted by Crippen LogP contribution is 2.29. The Labute approximate surface area is 118 Å². The minimum absolute atomic E-state index is 0.104. The molecule has 0 bridgehead atoms. The van der Waals surface area contributed by atoms with Crippen molar-refractivity contribution in [1.29, 1.82) is 0 Å². The van der Waals surface area contributed by atoms with Crippen LogP contribution in [0.2, 0.25) is 0 Å².